The van der Waals surface area contributed by atoms with E-state index in [1.54, 1.807) is 7.05 Å². The Labute approximate surface area is 106 Å². The second kappa shape index (κ2) is 5.73. The third kappa shape index (κ3) is 2.73. The van der Waals surface area contributed by atoms with Gasteiger partial charge in [0.25, 0.3) is 0 Å². The van der Waals surface area contributed by atoms with Crippen LogP contribution in [0.2, 0.25) is 0 Å². The van der Waals surface area contributed by atoms with Gasteiger partial charge in [-0.3, -0.25) is 4.79 Å². The number of carbonyl (C=O) groups excluding carboxylic acids is 1. The summed E-state index contributed by atoms with van der Waals surface area (Å²) < 4.78 is 11.1. The van der Waals surface area contributed by atoms with E-state index in [9.17, 15) is 4.79 Å². The standard InChI is InChI=1S/C13H18N2O3/c1-9(13(16)14-2)15-8-10-4-3-5-11-12(10)18-7-6-17-11/h3-5,9,15H,6-8H2,1-2H3,(H,14,16). The second-order valence-electron chi connectivity index (χ2n) is 4.16. The predicted octanol–water partition coefficient (Wildman–Crippen LogP) is 0.682. The van der Waals surface area contributed by atoms with Gasteiger partial charge in [0.05, 0.1) is 6.04 Å². The van der Waals surface area contributed by atoms with Gasteiger partial charge in [-0.15, -0.1) is 0 Å². The molecule has 0 aliphatic carbocycles. The Morgan fingerprint density at radius 2 is 2.17 bits per heavy atom. The van der Waals surface area contributed by atoms with Crippen LogP contribution in [0.4, 0.5) is 0 Å². The lowest BCUT2D eigenvalue weighted by Crippen LogP contribution is -2.40. The summed E-state index contributed by atoms with van der Waals surface area (Å²) in [5, 5.41) is 5.76. The van der Waals surface area contributed by atoms with Gasteiger partial charge in [-0.25, -0.2) is 0 Å². The van der Waals surface area contributed by atoms with E-state index in [0.29, 0.717) is 19.8 Å². The van der Waals surface area contributed by atoms with Crippen molar-refractivity contribution in [3.8, 4) is 11.5 Å². The Balaban J connectivity index is 2.03. The molecule has 1 aromatic carbocycles. The van der Waals surface area contributed by atoms with Gasteiger partial charge >= 0.3 is 0 Å². The van der Waals surface area contributed by atoms with Crippen molar-refractivity contribution in [3.05, 3.63) is 23.8 Å². The molecule has 5 nitrogen and oxygen atoms in total. The van der Waals surface area contributed by atoms with E-state index >= 15 is 0 Å². The molecule has 2 N–H and O–H groups in total. The summed E-state index contributed by atoms with van der Waals surface area (Å²) >= 11 is 0. The van der Waals surface area contributed by atoms with E-state index in [4.69, 9.17) is 9.47 Å². The molecule has 18 heavy (non-hydrogen) atoms. The number of nitrogens with one attached hydrogen (secondary N) is 2. The summed E-state index contributed by atoms with van der Waals surface area (Å²) in [6.45, 7) is 3.54. The summed E-state index contributed by atoms with van der Waals surface area (Å²) in [6, 6.07) is 5.54. The number of fused-ring (bicyclic) bond motifs is 1. The van der Waals surface area contributed by atoms with Crippen molar-refractivity contribution in [2.45, 2.75) is 19.5 Å². The van der Waals surface area contributed by atoms with Crippen LogP contribution < -0.4 is 20.1 Å². The highest BCUT2D eigenvalue weighted by Crippen LogP contribution is 2.33. The quantitative estimate of drug-likeness (QED) is 0.825. The molecule has 0 radical (unpaired) electrons. The number of para-hydroxylation sites is 1. The molecule has 1 aliphatic rings. The molecule has 1 unspecified atom stereocenters. The summed E-state index contributed by atoms with van der Waals surface area (Å²) in [5.41, 5.74) is 1.00. The molecule has 1 atom stereocenters. The first-order valence-corrected chi connectivity index (χ1v) is 6.05. The van der Waals surface area contributed by atoms with Gasteiger partial charge in [-0.2, -0.15) is 0 Å². The summed E-state index contributed by atoms with van der Waals surface area (Å²) in [5.74, 6) is 1.52. The normalized spacial score (nSPS) is 15.0. The molecular formula is C13H18N2O3. The fraction of sp³-hybridized carbons (Fsp3) is 0.462. The van der Waals surface area contributed by atoms with Crippen LogP contribution in [0.3, 0.4) is 0 Å². The number of amides is 1. The molecule has 98 valence electrons. The lowest BCUT2D eigenvalue weighted by molar-refractivity contribution is -0.122. The maximum Gasteiger partial charge on any atom is 0.236 e. The van der Waals surface area contributed by atoms with Crippen LogP contribution in [-0.4, -0.2) is 32.2 Å². The molecule has 1 aliphatic heterocycles. The van der Waals surface area contributed by atoms with Crippen molar-refractivity contribution >= 4 is 5.91 Å². The number of benzene rings is 1. The van der Waals surface area contributed by atoms with E-state index in [2.05, 4.69) is 10.6 Å². The number of ether oxygens (including phenoxy) is 2. The zero-order valence-electron chi connectivity index (χ0n) is 10.7. The molecule has 5 heteroatoms. The van der Waals surface area contributed by atoms with Crippen LogP contribution in [0.25, 0.3) is 0 Å². The molecule has 0 aromatic heterocycles. The summed E-state index contributed by atoms with van der Waals surface area (Å²) in [6.07, 6.45) is 0. The minimum Gasteiger partial charge on any atom is -0.486 e. The Bertz CT molecular complexity index is 434. The smallest absolute Gasteiger partial charge is 0.236 e. The Morgan fingerprint density at radius 1 is 1.39 bits per heavy atom. The highest BCUT2D eigenvalue weighted by molar-refractivity contribution is 5.80. The topological polar surface area (TPSA) is 59.6 Å². The van der Waals surface area contributed by atoms with Crippen LogP contribution >= 0.6 is 0 Å². The van der Waals surface area contributed by atoms with Gasteiger partial charge in [0, 0.05) is 19.2 Å². The highest BCUT2D eigenvalue weighted by atomic mass is 16.6. The van der Waals surface area contributed by atoms with Gasteiger partial charge in [0.1, 0.15) is 13.2 Å². The molecule has 0 saturated heterocycles. The fourth-order valence-electron chi connectivity index (χ4n) is 1.85. The van der Waals surface area contributed by atoms with E-state index in [-0.39, 0.29) is 11.9 Å². The SMILES string of the molecule is CNC(=O)C(C)NCc1cccc2c1OCCO2. The van der Waals surface area contributed by atoms with Gasteiger partial charge in [-0.05, 0) is 13.0 Å². The Morgan fingerprint density at radius 3 is 2.94 bits per heavy atom. The van der Waals surface area contributed by atoms with E-state index in [1.807, 2.05) is 25.1 Å². The number of rotatable bonds is 4. The van der Waals surface area contributed by atoms with E-state index < -0.39 is 0 Å². The molecule has 1 heterocycles. The van der Waals surface area contributed by atoms with Gasteiger partial charge in [0.2, 0.25) is 5.91 Å². The van der Waals surface area contributed by atoms with Gasteiger partial charge in [0.15, 0.2) is 11.5 Å². The summed E-state index contributed by atoms with van der Waals surface area (Å²) in [4.78, 5) is 11.4. The molecule has 0 bridgehead atoms. The lowest BCUT2D eigenvalue weighted by atomic mass is 10.1. The minimum absolute atomic E-state index is 0.0306. The average Bonchev–Trinajstić information content (AvgIpc) is 2.43. The maximum atomic E-state index is 11.4. The van der Waals surface area contributed by atoms with Crippen LogP contribution in [0.1, 0.15) is 12.5 Å². The van der Waals surface area contributed by atoms with E-state index in [1.165, 1.54) is 0 Å². The van der Waals surface area contributed by atoms with Crippen molar-refractivity contribution < 1.29 is 14.3 Å². The van der Waals surface area contributed by atoms with E-state index in [0.717, 1.165) is 17.1 Å². The molecule has 0 saturated carbocycles. The molecule has 2 rings (SSSR count). The number of carbonyl (C=O) groups is 1. The molecule has 1 amide bonds. The van der Waals surface area contributed by atoms with Crippen LogP contribution in [0, 0.1) is 0 Å². The van der Waals surface area contributed by atoms with Crippen molar-refractivity contribution in [3.63, 3.8) is 0 Å². The van der Waals surface area contributed by atoms with Crippen LogP contribution in [0.5, 0.6) is 11.5 Å². The van der Waals surface area contributed by atoms with Gasteiger partial charge in [-0.1, -0.05) is 12.1 Å². The fourth-order valence-corrected chi connectivity index (χ4v) is 1.85. The Kier molecular flexibility index (Phi) is 4.04. The number of hydrogen-bond acceptors (Lipinski definition) is 4. The predicted molar refractivity (Wildman–Crippen MR) is 67.8 cm³/mol. The Hall–Kier alpha value is -1.75. The first-order chi connectivity index (χ1) is 8.72. The summed E-state index contributed by atoms with van der Waals surface area (Å²) in [7, 11) is 1.63. The third-order valence-electron chi connectivity index (χ3n) is 2.89. The monoisotopic (exact) mass is 250 g/mol. The largest absolute Gasteiger partial charge is 0.486 e. The number of hydrogen-bond donors (Lipinski definition) is 2. The maximum absolute atomic E-state index is 11.4. The molecular weight excluding hydrogens is 232 g/mol. The van der Waals surface area contributed by atoms with Crippen molar-refractivity contribution in [1.29, 1.82) is 0 Å². The minimum atomic E-state index is -0.240. The first kappa shape index (κ1) is 12.7. The van der Waals surface area contributed by atoms with Crippen molar-refractivity contribution in [2.75, 3.05) is 20.3 Å². The zero-order chi connectivity index (χ0) is 13.0. The van der Waals surface area contributed by atoms with Crippen molar-refractivity contribution in [2.24, 2.45) is 0 Å². The molecule has 0 fully saturated rings. The lowest BCUT2D eigenvalue weighted by Gasteiger charge is -2.21. The second-order valence-corrected chi connectivity index (χ2v) is 4.16. The first-order valence-electron chi connectivity index (χ1n) is 6.05. The van der Waals surface area contributed by atoms with Crippen LogP contribution in [0.15, 0.2) is 18.2 Å². The van der Waals surface area contributed by atoms with Gasteiger partial charge < -0.3 is 20.1 Å². The molecule has 1 aromatic rings. The van der Waals surface area contributed by atoms with Crippen molar-refractivity contribution in [1.82, 2.24) is 10.6 Å². The number of likely N-dealkylation sites (N-methyl/N-ethyl adjacent to an activating group) is 1. The zero-order valence-corrected chi connectivity index (χ0v) is 10.7. The average molecular weight is 250 g/mol. The van der Waals surface area contributed by atoms with Crippen LogP contribution in [-0.2, 0) is 11.3 Å². The third-order valence-corrected chi connectivity index (χ3v) is 2.89. The highest BCUT2D eigenvalue weighted by Gasteiger charge is 2.16. The molecule has 0 spiro atoms.